The van der Waals surface area contributed by atoms with Gasteiger partial charge < -0.3 is 23.8 Å². The first-order valence-corrected chi connectivity index (χ1v) is 16.9. The fourth-order valence-electron chi connectivity index (χ4n) is 6.39. The molecule has 0 radical (unpaired) electrons. The van der Waals surface area contributed by atoms with Crippen molar-refractivity contribution in [3.63, 3.8) is 0 Å². The van der Waals surface area contributed by atoms with Crippen molar-refractivity contribution in [1.29, 1.82) is 0 Å². The van der Waals surface area contributed by atoms with Gasteiger partial charge in [-0.1, -0.05) is 41.4 Å². The Morgan fingerprint density at radius 3 is 1.61 bits per heavy atom. The first-order valence-electron chi connectivity index (χ1n) is 16.2. The number of piperidine rings is 1. The van der Waals surface area contributed by atoms with E-state index in [4.69, 9.17) is 42.1 Å². The lowest BCUT2D eigenvalue weighted by atomic mass is 10.00. The maximum absolute atomic E-state index is 6.44. The minimum absolute atomic E-state index is 0.382. The molecular weight excluding hydrogens is 659 g/mol. The zero-order chi connectivity index (χ0) is 34.3. The second-order valence-electron chi connectivity index (χ2n) is 12.0. The number of para-hydroxylation sites is 1. The molecule has 0 unspecified atom stereocenters. The number of hydrogen-bond donors (Lipinski definition) is 0. The molecule has 0 saturated carbocycles. The predicted octanol–water partition coefficient (Wildman–Crippen LogP) is 8.82. The van der Waals surface area contributed by atoms with Crippen LogP contribution in [-0.4, -0.2) is 62.4 Å². The number of benzene rings is 3. The number of aromatic nitrogens is 2. The second-order valence-corrected chi connectivity index (χ2v) is 12.7. The molecule has 5 aromatic rings. The lowest BCUT2D eigenvalue weighted by Crippen LogP contribution is -2.44. The van der Waals surface area contributed by atoms with E-state index in [1.807, 2.05) is 36.7 Å². The van der Waals surface area contributed by atoms with Crippen LogP contribution in [0.15, 0.2) is 91.3 Å². The lowest BCUT2D eigenvalue weighted by Gasteiger charge is -2.40. The number of likely N-dealkylation sites (tertiary alicyclic amines) is 1. The lowest BCUT2D eigenvalue weighted by molar-refractivity contribution is 0.201. The number of halogens is 2. The predicted molar refractivity (Wildman–Crippen MR) is 196 cm³/mol. The Bertz CT molecular complexity index is 1830. The van der Waals surface area contributed by atoms with Gasteiger partial charge in [-0.15, -0.1) is 0 Å². The summed E-state index contributed by atoms with van der Waals surface area (Å²) >= 11 is 12.8. The molecule has 10 heteroatoms. The van der Waals surface area contributed by atoms with Gasteiger partial charge in [-0.05, 0) is 84.6 Å². The van der Waals surface area contributed by atoms with E-state index in [1.165, 1.54) is 16.8 Å². The van der Waals surface area contributed by atoms with Gasteiger partial charge in [0.2, 0.25) is 0 Å². The van der Waals surface area contributed by atoms with Gasteiger partial charge in [0.1, 0.15) is 33.0 Å². The van der Waals surface area contributed by atoms with Crippen molar-refractivity contribution in [3.05, 3.63) is 112 Å². The SMILES string of the molecule is COc1cc(-c2cc(CN3CCC(N(Cc4ccnc(-c5cc(OC)c(Cl)c(OC)c5)c4)c4ccccc4)CC3)ccn2)cc(OC)c1Cl. The molecule has 6 rings (SSSR count). The molecule has 3 aromatic carbocycles. The van der Waals surface area contributed by atoms with Gasteiger partial charge in [0.05, 0.1) is 39.8 Å². The van der Waals surface area contributed by atoms with Crippen molar-refractivity contribution in [3.8, 4) is 45.5 Å². The maximum Gasteiger partial charge on any atom is 0.141 e. The van der Waals surface area contributed by atoms with Crippen LogP contribution in [0, 0.1) is 0 Å². The number of rotatable bonds is 12. The van der Waals surface area contributed by atoms with E-state index in [1.54, 1.807) is 28.4 Å². The second kappa shape index (κ2) is 15.8. The zero-order valence-electron chi connectivity index (χ0n) is 28.2. The normalized spacial score (nSPS) is 13.6. The Morgan fingerprint density at radius 2 is 1.12 bits per heavy atom. The molecule has 8 nitrogen and oxygen atoms in total. The van der Waals surface area contributed by atoms with Crippen LogP contribution in [0.25, 0.3) is 22.5 Å². The molecule has 0 amide bonds. The van der Waals surface area contributed by atoms with Crippen LogP contribution in [0.5, 0.6) is 23.0 Å². The first-order chi connectivity index (χ1) is 23.9. The monoisotopic (exact) mass is 698 g/mol. The molecule has 0 N–H and O–H groups in total. The van der Waals surface area contributed by atoms with E-state index in [0.29, 0.717) is 39.1 Å². The molecule has 254 valence electrons. The summed E-state index contributed by atoms with van der Waals surface area (Å²) in [5, 5.41) is 0.892. The fourth-order valence-corrected chi connectivity index (χ4v) is 6.92. The third-order valence-corrected chi connectivity index (χ3v) is 9.72. The molecule has 0 aliphatic carbocycles. The summed E-state index contributed by atoms with van der Waals surface area (Å²) in [5.74, 6) is 2.21. The van der Waals surface area contributed by atoms with Crippen molar-refractivity contribution in [2.45, 2.75) is 32.0 Å². The molecule has 0 spiro atoms. The van der Waals surface area contributed by atoms with E-state index in [-0.39, 0.29) is 0 Å². The third-order valence-electron chi connectivity index (χ3n) is 8.98. The first kappa shape index (κ1) is 34.4. The third kappa shape index (κ3) is 7.88. The standard InChI is InChI=1S/C39H40Cl2N4O4/c1-46-34-20-28(21-35(47-2)38(34)40)32-18-26(10-14-42-32)24-44-16-12-31(13-17-44)45(30-8-6-5-7-9-30)25-27-11-15-43-33(19-27)29-22-36(48-3)39(41)37(23-29)49-4/h5-11,14-15,18-23,31H,12-13,16-17,24-25H2,1-4H3. The van der Waals surface area contributed by atoms with Crippen LogP contribution in [0.1, 0.15) is 24.0 Å². The Kier molecular flexibility index (Phi) is 11.1. The van der Waals surface area contributed by atoms with E-state index in [9.17, 15) is 0 Å². The Morgan fingerprint density at radius 1 is 0.653 bits per heavy atom. The smallest absolute Gasteiger partial charge is 0.141 e. The van der Waals surface area contributed by atoms with Crippen molar-refractivity contribution in [2.24, 2.45) is 0 Å². The quantitative estimate of drug-likeness (QED) is 0.128. The van der Waals surface area contributed by atoms with Crippen molar-refractivity contribution < 1.29 is 18.9 Å². The highest BCUT2D eigenvalue weighted by atomic mass is 35.5. The molecular formula is C39H40Cl2N4O4. The van der Waals surface area contributed by atoms with Gasteiger partial charge in [-0.3, -0.25) is 14.9 Å². The molecule has 0 bridgehead atoms. The number of ether oxygens (including phenoxy) is 4. The Labute approximate surface area is 298 Å². The number of pyridine rings is 2. The fraction of sp³-hybridized carbons (Fsp3) is 0.282. The van der Waals surface area contributed by atoms with E-state index in [0.717, 1.165) is 61.5 Å². The molecule has 1 fully saturated rings. The van der Waals surface area contributed by atoms with Crippen LogP contribution in [0.2, 0.25) is 10.0 Å². The summed E-state index contributed by atoms with van der Waals surface area (Å²) in [6.45, 7) is 3.57. The van der Waals surface area contributed by atoms with Crippen LogP contribution in [0.4, 0.5) is 5.69 Å². The topological polar surface area (TPSA) is 69.2 Å². The average Bonchev–Trinajstić information content (AvgIpc) is 3.15. The van der Waals surface area contributed by atoms with Crippen molar-refractivity contribution in [1.82, 2.24) is 14.9 Å². The summed E-state index contributed by atoms with van der Waals surface area (Å²) in [6, 6.07) is 27.1. The average molecular weight is 700 g/mol. The van der Waals surface area contributed by atoms with Gasteiger partial charge in [-0.2, -0.15) is 0 Å². The summed E-state index contributed by atoms with van der Waals surface area (Å²) in [4.78, 5) is 14.4. The minimum atomic E-state index is 0.382. The Balaban J connectivity index is 1.17. The minimum Gasteiger partial charge on any atom is -0.495 e. The van der Waals surface area contributed by atoms with Crippen LogP contribution < -0.4 is 23.8 Å². The van der Waals surface area contributed by atoms with Crippen molar-refractivity contribution in [2.75, 3.05) is 46.4 Å². The number of nitrogens with zero attached hydrogens (tertiary/aromatic N) is 4. The maximum atomic E-state index is 6.44. The molecule has 1 saturated heterocycles. The number of methoxy groups -OCH3 is 4. The molecule has 1 aliphatic rings. The van der Waals surface area contributed by atoms with E-state index in [2.05, 4.69) is 74.4 Å². The summed E-state index contributed by atoms with van der Waals surface area (Å²) in [6.07, 6.45) is 5.81. The molecule has 2 aromatic heterocycles. The largest absolute Gasteiger partial charge is 0.495 e. The van der Waals surface area contributed by atoms with Gasteiger partial charge in [0.25, 0.3) is 0 Å². The van der Waals surface area contributed by atoms with Gasteiger partial charge in [0, 0.05) is 61.4 Å². The molecule has 1 aliphatic heterocycles. The summed E-state index contributed by atoms with van der Waals surface area (Å²) in [7, 11) is 6.40. The van der Waals surface area contributed by atoms with Crippen LogP contribution >= 0.6 is 23.2 Å². The zero-order valence-corrected chi connectivity index (χ0v) is 29.7. The Hall–Kier alpha value is -4.50. The highest BCUT2D eigenvalue weighted by Gasteiger charge is 2.26. The highest BCUT2D eigenvalue weighted by molar-refractivity contribution is 6.34. The van der Waals surface area contributed by atoms with E-state index < -0.39 is 0 Å². The molecule has 49 heavy (non-hydrogen) atoms. The summed E-state index contributed by atoms with van der Waals surface area (Å²) < 4.78 is 22.0. The molecule has 0 atom stereocenters. The number of anilines is 1. The van der Waals surface area contributed by atoms with Gasteiger partial charge >= 0.3 is 0 Å². The van der Waals surface area contributed by atoms with E-state index >= 15 is 0 Å². The molecule has 3 heterocycles. The van der Waals surface area contributed by atoms with Crippen LogP contribution in [-0.2, 0) is 13.1 Å². The number of hydrogen-bond acceptors (Lipinski definition) is 8. The summed E-state index contributed by atoms with van der Waals surface area (Å²) in [5.41, 5.74) is 7.05. The van der Waals surface area contributed by atoms with Crippen molar-refractivity contribution >= 4 is 28.9 Å². The van der Waals surface area contributed by atoms with Gasteiger partial charge in [-0.25, -0.2) is 0 Å². The van der Waals surface area contributed by atoms with Gasteiger partial charge in [0.15, 0.2) is 0 Å². The highest BCUT2D eigenvalue weighted by Crippen LogP contribution is 2.40. The van der Waals surface area contributed by atoms with Crippen LogP contribution in [0.3, 0.4) is 0 Å².